The molecule has 0 aliphatic carbocycles. The van der Waals surface area contributed by atoms with Crippen molar-refractivity contribution in [2.45, 2.75) is 13.5 Å². The maximum atomic E-state index is 12.4. The Morgan fingerprint density at radius 3 is 2.83 bits per heavy atom. The van der Waals surface area contributed by atoms with E-state index in [9.17, 15) is 4.79 Å². The fourth-order valence-corrected chi connectivity index (χ4v) is 2.34. The number of amides is 1. The van der Waals surface area contributed by atoms with E-state index in [2.05, 4.69) is 30.6 Å². The molecule has 0 bridgehead atoms. The van der Waals surface area contributed by atoms with E-state index in [4.69, 9.17) is 10.5 Å². The quantitative estimate of drug-likeness (QED) is 0.500. The number of nitrogens with zero attached hydrogens (tertiary/aromatic N) is 4. The van der Waals surface area contributed by atoms with Crippen LogP contribution in [0.15, 0.2) is 61.2 Å². The van der Waals surface area contributed by atoms with Gasteiger partial charge in [0.15, 0.2) is 0 Å². The molecule has 0 aromatic carbocycles. The van der Waals surface area contributed by atoms with Gasteiger partial charge >= 0.3 is 0 Å². The number of allylic oxidation sites excluding steroid dienone is 1. The second-order valence-electron chi connectivity index (χ2n) is 5.90. The molecule has 0 aliphatic heterocycles. The maximum Gasteiger partial charge on any atom is 0.275 e. The Hall–Kier alpha value is -4.01. The van der Waals surface area contributed by atoms with E-state index in [0.717, 1.165) is 11.4 Å². The zero-order valence-corrected chi connectivity index (χ0v) is 15.9. The molecular formula is C20H21N7O2. The van der Waals surface area contributed by atoms with Crippen molar-refractivity contribution in [2.24, 2.45) is 0 Å². The predicted molar refractivity (Wildman–Crippen MR) is 111 cm³/mol. The van der Waals surface area contributed by atoms with Gasteiger partial charge in [0.05, 0.1) is 30.3 Å². The average Bonchev–Trinajstić information content (AvgIpc) is 2.74. The monoisotopic (exact) mass is 391 g/mol. The number of ether oxygens (including phenoxy) is 1. The van der Waals surface area contributed by atoms with Crippen LogP contribution < -0.4 is 21.1 Å². The van der Waals surface area contributed by atoms with Crippen molar-refractivity contribution in [2.75, 3.05) is 23.0 Å². The minimum Gasteiger partial charge on any atom is -0.472 e. The van der Waals surface area contributed by atoms with E-state index in [0.29, 0.717) is 30.5 Å². The molecule has 0 unspecified atom stereocenters. The Morgan fingerprint density at radius 2 is 2.07 bits per heavy atom. The minimum atomic E-state index is -0.376. The Labute approximate surface area is 168 Å². The van der Waals surface area contributed by atoms with E-state index in [1.165, 1.54) is 12.4 Å². The van der Waals surface area contributed by atoms with Crippen molar-refractivity contribution in [3.05, 3.63) is 72.6 Å². The molecule has 0 saturated carbocycles. The SMILES string of the molecule is C/C=C/COc1cnc(C(=O)Nc2ccnc(CNc3cccnc3N)c2)cn1. The van der Waals surface area contributed by atoms with Crippen molar-refractivity contribution in [3.8, 4) is 5.88 Å². The lowest BCUT2D eigenvalue weighted by atomic mass is 10.3. The van der Waals surface area contributed by atoms with Crippen LogP contribution in [0.3, 0.4) is 0 Å². The highest BCUT2D eigenvalue weighted by Gasteiger charge is 2.10. The van der Waals surface area contributed by atoms with Gasteiger partial charge < -0.3 is 21.1 Å². The first kappa shape index (κ1) is 19.7. The van der Waals surface area contributed by atoms with E-state index in [1.54, 1.807) is 30.6 Å². The number of pyridine rings is 2. The number of rotatable bonds is 8. The number of aromatic nitrogens is 4. The fourth-order valence-electron chi connectivity index (χ4n) is 2.34. The molecule has 1 amide bonds. The number of carbonyl (C=O) groups is 1. The van der Waals surface area contributed by atoms with Crippen LogP contribution in [0.1, 0.15) is 23.1 Å². The molecule has 9 heteroatoms. The normalized spacial score (nSPS) is 10.7. The first-order valence-electron chi connectivity index (χ1n) is 8.92. The van der Waals surface area contributed by atoms with Gasteiger partial charge in [0.1, 0.15) is 18.1 Å². The highest BCUT2D eigenvalue weighted by Crippen LogP contribution is 2.16. The third-order valence-electron chi connectivity index (χ3n) is 3.80. The molecule has 3 aromatic heterocycles. The average molecular weight is 391 g/mol. The largest absolute Gasteiger partial charge is 0.472 e. The summed E-state index contributed by atoms with van der Waals surface area (Å²) >= 11 is 0. The highest BCUT2D eigenvalue weighted by atomic mass is 16.5. The summed E-state index contributed by atoms with van der Waals surface area (Å²) in [7, 11) is 0. The van der Waals surface area contributed by atoms with Crippen LogP contribution in [0.25, 0.3) is 0 Å². The van der Waals surface area contributed by atoms with Gasteiger partial charge in [-0.3, -0.25) is 9.78 Å². The first-order valence-corrected chi connectivity index (χ1v) is 8.92. The number of nitrogens with one attached hydrogen (secondary N) is 2. The van der Waals surface area contributed by atoms with Crippen LogP contribution >= 0.6 is 0 Å². The standard InChI is InChI=1S/C20H21N7O2/c1-2-3-9-29-18-13-25-17(12-26-18)20(28)27-14-6-8-22-15(10-14)11-24-16-5-4-7-23-19(16)21/h2-8,10,12-13,24H,9,11H2,1H3,(H2,21,23)(H,22,27,28)/b3-2+. The van der Waals surface area contributed by atoms with Crippen LogP contribution in [0.2, 0.25) is 0 Å². The topological polar surface area (TPSA) is 128 Å². The summed E-state index contributed by atoms with van der Waals surface area (Å²) in [5.41, 5.74) is 8.04. The Morgan fingerprint density at radius 1 is 1.17 bits per heavy atom. The fraction of sp³-hybridized carbons (Fsp3) is 0.150. The van der Waals surface area contributed by atoms with Crippen LogP contribution in [-0.2, 0) is 6.54 Å². The summed E-state index contributed by atoms with van der Waals surface area (Å²) in [4.78, 5) is 28.9. The number of hydrogen-bond donors (Lipinski definition) is 3. The van der Waals surface area contributed by atoms with Gasteiger partial charge in [-0.25, -0.2) is 15.0 Å². The maximum absolute atomic E-state index is 12.4. The van der Waals surface area contributed by atoms with Gasteiger partial charge in [-0.2, -0.15) is 0 Å². The molecule has 4 N–H and O–H groups in total. The van der Waals surface area contributed by atoms with Crippen LogP contribution in [0.4, 0.5) is 17.2 Å². The second-order valence-corrected chi connectivity index (χ2v) is 5.90. The van der Waals surface area contributed by atoms with Gasteiger partial charge in [0.2, 0.25) is 5.88 Å². The Balaban J connectivity index is 1.59. The van der Waals surface area contributed by atoms with Crippen LogP contribution in [0.5, 0.6) is 5.88 Å². The van der Waals surface area contributed by atoms with Crippen molar-refractivity contribution >= 4 is 23.1 Å². The molecule has 9 nitrogen and oxygen atoms in total. The smallest absolute Gasteiger partial charge is 0.275 e. The minimum absolute atomic E-state index is 0.183. The van der Waals surface area contributed by atoms with Crippen LogP contribution in [-0.4, -0.2) is 32.4 Å². The number of nitrogens with two attached hydrogens (primary N) is 1. The lowest BCUT2D eigenvalue weighted by Gasteiger charge is -2.09. The first-order chi connectivity index (χ1) is 14.2. The summed E-state index contributed by atoms with van der Waals surface area (Å²) in [6, 6.07) is 7.08. The summed E-state index contributed by atoms with van der Waals surface area (Å²) in [6.45, 7) is 2.73. The number of nitrogen functional groups attached to an aromatic ring is 1. The molecule has 0 saturated heterocycles. The van der Waals surface area contributed by atoms with E-state index < -0.39 is 0 Å². The van der Waals surface area contributed by atoms with E-state index >= 15 is 0 Å². The van der Waals surface area contributed by atoms with Crippen molar-refractivity contribution in [3.63, 3.8) is 0 Å². The van der Waals surface area contributed by atoms with E-state index in [-0.39, 0.29) is 11.6 Å². The molecule has 0 spiro atoms. The number of anilines is 3. The Bertz CT molecular complexity index is 990. The zero-order valence-electron chi connectivity index (χ0n) is 15.9. The summed E-state index contributed by atoms with van der Waals surface area (Å²) in [6.07, 6.45) is 9.75. The second kappa shape index (κ2) is 9.79. The zero-order chi connectivity index (χ0) is 20.5. The Kier molecular flexibility index (Phi) is 6.66. The molecule has 0 radical (unpaired) electrons. The van der Waals surface area contributed by atoms with Gasteiger partial charge in [0.25, 0.3) is 5.91 Å². The lowest BCUT2D eigenvalue weighted by Crippen LogP contribution is -2.15. The van der Waals surface area contributed by atoms with Crippen LogP contribution in [0, 0.1) is 0 Å². The van der Waals surface area contributed by atoms with Crippen molar-refractivity contribution in [1.82, 2.24) is 19.9 Å². The molecule has 0 atom stereocenters. The van der Waals surface area contributed by atoms with Gasteiger partial charge in [0, 0.05) is 18.1 Å². The molecule has 3 aromatic rings. The molecule has 3 rings (SSSR count). The van der Waals surface area contributed by atoms with Crippen molar-refractivity contribution in [1.29, 1.82) is 0 Å². The molecular weight excluding hydrogens is 370 g/mol. The molecule has 3 heterocycles. The van der Waals surface area contributed by atoms with E-state index in [1.807, 2.05) is 25.1 Å². The number of hydrogen-bond acceptors (Lipinski definition) is 8. The lowest BCUT2D eigenvalue weighted by molar-refractivity contribution is 0.102. The summed E-state index contributed by atoms with van der Waals surface area (Å²) in [5, 5.41) is 5.95. The third kappa shape index (κ3) is 5.73. The molecule has 29 heavy (non-hydrogen) atoms. The van der Waals surface area contributed by atoms with Gasteiger partial charge in [-0.05, 0) is 31.2 Å². The predicted octanol–water partition coefficient (Wildman–Crippen LogP) is 2.67. The summed E-state index contributed by atoms with van der Waals surface area (Å²) < 4.78 is 5.37. The van der Waals surface area contributed by atoms with Crippen molar-refractivity contribution < 1.29 is 9.53 Å². The molecule has 0 aliphatic rings. The van der Waals surface area contributed by atoms with Gasteiger partial charge in [-0.1, -0.05) is 12.2 Å². The molecule has 0 fully saturated rings. The van der Waals surface area contributed by atoms with Gasteiger partial charge in [-0.15, -0.1) is 0 Å². The molecule has 148 valence electrons. The summed E-state index contributed by atoms with van der Waals surface area (Å²) in [5.74, 6) is 0.388. The highest BCUT2D eigenvalue weighted by molar-refractivity contribution is 6.02. The third-order valence-corrected chi connectivity index (χ3v) is 3.80. The number of carbonyl (C=O) groups excluding carboxylic acids is 1.